The fourth-order valence-corrected chi connectivity index (χ4v) is 4.01. The van der Waals surface area contributed by atoms with Crippen LogP contribution in [-0.4, -0.2) is 19.3 Å². The van der Waals surface area contributed by atoms with Crippen LogP contribution in [0, 0.1) is 19.7 Å². The molecule has 3 rings (SSSR count). The molecule has 0 aliphatic carbocycles. The number of aromatic amines is 1. The van der Waals surface area contributed by atoms with Gasteiger partial charge in [0.05, 0.1) is 4.90 Å². The lowest BCUT2D eigenvalue weighted by Gasteiger charge is -2.11. The van der Waals surface area contributed by atoms with Gasteiger partial charge in [-0.15, -0.1) is 0 Å². The molecule has 0 spiro atoms. The highest BCUT2D eigenvalue weighted by Crippen LogP contribution is 2.17. The van der Waals surface area contributed by atoms with Crippen LogP contribution in [0.15, 0.2) is 64.3 Å². The van der Waals surface area contributed by atoms with Gasteiger partial charge < -0.3 is 10.3 Å². The maximum Gasteiger partial charge on any atom is 0.261 e. The molecule has 1 aromatic heterocycles. The van der Waals surface area contributed by atoms with Crippen LogP contribution < -0.4 is 15.6 Å². The molecule has 0 atom stereocenters. The molecule has 3 aromatic rings. The zero-order chi connectivity index (χ0) is 21.9. The minimum absolute atomic E-state index is 0.00505. The highest BCUT2D eigenvalue weighted by atomic mass is 32.2. The van der Waals surface area contributed by atoms with Crippen molar-refractivity contribution >= 4 is 21.6 Å². The zero-order valence-electron chi connectivity index (χ0n) is 16.3. The first-order chi connectivity index (χ1) is 14.2. The molecule has 0 aliphatic heterocycles. The number of carbonyl (C=O) groups is 1. The van der Waals surface area contributed by atoms with Gasteiger partial charge in [0.2, 0.25) is 0 Å². The van der Waals surface area contributed by atoms with Gasteiger partial charge in [0.15, 0.2) is 0 Å². The van der Waals surface area contributed by atoms with Crippen LogP contribution in [0.25, 0.3) is 0 Å². The Morgan fingerprint density at radius 2 is 1.77 bits per heavy atom. The lowest BCUT2D eigenvalue weighted by atomic mass is 10.1. The topological polar surface area (TPSA) is 108 Å². The number of sulfonamides is 1. The first-order valence-electron chi connectivity index (χ1n) is 9.02. The number of aryl methyl sites for hydroxylation is 2. The molecule has 0 radical (unpaired) electrons. The maximum absolute atomic E-state index is 13.0. The van der Waals surface area contributed by atoms with E-state index in [2.05, 4.69) is 15.0 Å². The van der Waals surface area contributed by atoms with Crippen LogP contribution in [-0.2, 0) is 16.6 Å². The van der Waals surface area contributed by atoms with Crippen molar-refractivity contribution in [2.45, 2.75) is 25.3 Å². The zero-order valence-corrected chi connectivity index (χ0v) is 17.1. The second-order valence-corrected chi connectivity index (χ2v) is 8.45. The summed E-state index contributed by atoms with van der Waals surface area (Å²) in [6.45, 7) is 3.55. The predicted molar refractivity (Wildman–Crippen MR) is 111 cm³/mol. The van der Waals surface area contributed by atoms with E-state index < -0.39 is 21.7 Å². The number of H-pyrrole nitrogens is 1. The summed E-state index contributed by atoms with van der Waals surface area (Å²) in [7, 11) is -3.97. The Hall–Kier alpha value is -3.46. The Morgan fingerprint density at radius 1 is 1.07 bits per heavy atom. The first kappa shape index (κ1) is 21.3. The summed E-state index contributed by atoms with van der Waals surface area (Å²) in [6, 6.07) is 12.2. The molecule has 0 saturated carbocycles. The lowest BCUT2D eigenvalue weighted by molar-refractivity contribution is 0.0950. The predicted octanol–water partition coefficient (Wildman–Crippen LogP) is 2.86. The first-order valence-corrected chi connectivity index (χ1v) is 10.5. The molecule has 0 bridgehead atoms. The smallest absolute Gasteiger partial charge is 0.261 e. The third-order valence-electron chi connectivity index (χ3n) is 4.42. The van der Waals surface area contributed by atoms with Crippen molar-refractivity contribution in [2.24, 2.45) is 0 Å². The number of amides is 1. The number of benzene rings is 2. The molecule has 0 saturated heterocycles. The molecule has 0 fully saturated rings. The van der Waals surface area contributed by atoms with Gasteiger partial charge in [-0.05, 0) is 67.9 Å². The molecule has 3 N–H and O–H groups in total. The Kier molecular flexibility index (Phi) is 6.02. The van der Waals surface area contributed by atoms with E-state index in [4.69, 9.17) is 0 Å². The maximum atomic E-state index is 13.0. The molecule has 30 heavy (non-hydrogen) atoms. The van der Waals surface area contributed by atoms with Gasteiger partial charge in [0.1, 0.15) is 5.82 Å². The van der Waals surface area contributed by atoms with E-state index in [1.165, 1.54) is 36.4 Å². The quantitative estimate of drug-likeness (QED) is 0.560. The summed E-state index contributed by atoms with van der Waals surface area (Å²) in [5.41, 5.74) is 1.93. The third-order valence-corrected chi connectivity index (χ3v) is 5.80. The van der Waals surface area contributed by atoms with E-state index in [9.17, 15) is 22.4 Å². The van der Waals surface area contributed by atoms with Gasteiger partial charge in [-0.3, -0.25) is 14.3 Å². The third kappa shape index (κ3) is 4.93. The average molecular weight is 429 g/mol. The Balaban J connectivity index is 1.76. The minimum Gasteiger partial charge on any atom is -0.348 e. The van der Waals surface area contributed by atoms with Crippen molar-refractivity contribution in [1.29, 1.82) is 0 Å². The van der Waals surface area contributed by atoms with Crippen molar-refractivity contribution < 1.29 is 17.6 Å². The monoisotopic (exact) mass is 429 g/mol. The number of nitrogens with one attached hydrogen (secondary N) is 3. The van der Waals surface area contributed by atoms with Gasteiger partial charge in [0.25, 0.3) is 21.5 Å². The molecular weight excluding hydrogens is 409 g/mol. The van der Waals surface area contributed by atoms with Crippen LogP contribution in [0.5, 0.6) is 0 Å². The molecule has 1 heterocycles. The van der Waals surface area contributed by atoms with Gasteiger partial charge in [-0.1, -0.05) is 6.07 Å². The van der Waals surface area contributed by atoms with Crippen LogP contribution in [0.3, 0.4) is 0 Å². The summed E-state index contributed by atoms with van der Waals surface area (Å²) in [5.74, 6) is -1.01. The Bertz CT molecular complexity index is 1250. The fraction of sp³-hybridized carbons (Fsp3) is 0.143. The standard InChI is InChI=1S/C21H20FN3O4S/c1-13-10-14(2)24-21(27)19(13)12-23-20(26)15-4-3-5-18(11-15)30(28,29)25-17-8-6-16(22)7-9-17/h3-11,25H,12H2,1-2H3,(H,23,26)(H,24,27). The molecule has 0 aliphatic rings. The number of hydrogen-bond acceptors (Lipinski definition) is 4. The molecule has 1 amide bonds. The number of halogens is 1. The van der Waals surface area contributed by atoms with Crippen LogP contribution in [0.4, 0.5) is 10.1 Å². The van der Waals surface area contributed by atoms with Gasteiger partial charge in [-0.25, -0.2) is 12.8 Å². The Labute approximate surface area is 173 Å². The number of rotatable bonds is 6. The second-order valence-electron chi connectivity index (χ2n) is 6.77. The molecule has 156 valence electrons. The van der Waals surface area contributed by atoms with E-state index in [1.54, 1.807) is 19.9 Å². The number of pyridine rings is 1. The average Bonchev–Trinajstić information content (AvgIpc) is 2.68. The van der Waals surface area contributed by atoms with E-state index in [0.29, 0.717) is 5.56 Å². The van der Waals surface area contributed by atoms with Crippen LogP contribution >= 0.6 is 0 Å². The molecule has 0 unspecified atom stereocenters. The Morgan fingerprint density at radius 3 is 2.43 bits per heavy atom. The second kappa shape index (κ2) is 8.50. The van der Waals surface area contributed by atoms with Crippen molar-refractivity contribution in [3.8, 4) is 0 Å². The summed E-state index contributed by atoms with van der Waals surface area (Å²) >= 11 is 0. The number of aromatic nitrogens is 1. The highest BCUT2D eigenvalue weighted by Gasteiger charge is 2.17. The number of hydrogen-bond donors (Lipinski definition) is 3. The summed E-state index contributed by atoms with van der Waals surface area (Å²) in [5, 5.41) is 2.64. The largest absolute Gasteiger partial charge is 0.348 e. The van der Waals surface area contributed by atoms with Crippen LogP contribution in [0.1, 0.15) is 27.2 Å². The van der Waals surface area contributed by atoms with Crippen molar-refractivity contribution in [3.05, 3.63) is 93.2 Å². The summed E-state index contributed by atoms with van der Waals surface area (Å²) in [4.78, 5) is 27.1. The summed E-state index contributed by atoms with van der Waals surface area (Å²) in [6.07, 6.45) is 0. The van der Waals surface area contributed by atoms with E-state index in [0.717, 1.165) is 23.4 Å². The van der Waals surface area contributed by atoms with E-state index >= 15 is 0 Å². The number of anilines is 1. The molecular formula is C21H20FN3O4S. The number of carbonyl (C=O) groups excluding carboxylic acids is 1. The minimum atomic E-state index is -3.97. The van der Waals surface area contributed by atoms with Gasteiger partial charge in [-0.2, -0.15) is 0 Å². The van der Waals surface area contributed by atoms with Gasteiger partial charge in [0, 0.05) is 29.1 Å². The van der Waals surface area contributed by atoms with Crippen molar-refractivity contribution in [2.75, 3.05) is 4.72 Å². The lowest BCUT2D eigenvalue weighted by Crippen LogP contribution is -2.28. The fourth-order valence-electron chi connectivity index (χ4n) is 2.91. The van der Waals surface area contributed by atoms with Crippen LogP contribution in [0.2, 0.25) is 0 Å². The SMILES string of the molecule is Cc1cc(C)c(CNC(=O)c2cccc(S(=O)(=O)Nc3ccc(F)cc3)c2)c(=O)[nH]1. The van der Waals surface area contributed by atoms with Crippen molar-refractivity contribution in [3.63, 3.8) is 0 Å². The van der Waals surface area contributed by atoms with E-state index in [-0.39, 0.29) is 28.3 Å². The molecule has 2 aromatic carbocycles. The highest BCUT2D eigenvalue weighted by molar-refractivity contribution is 7.92. The molecule has 9 heteroatoms. The van der Waals surface area contributed by atoms with Gasteiger partial charge >= 0.3 is 0 Å². The van der Waals surface area contributed by atoms with Crippen molar-refractivity contribution in [1.82, 2.24) is 10.3 Å². The summed E-state index contributed by atoms with van der Waals surface area (Å²) < 4.78 is 40.5. The normalized spacial score (nSPS) is 11.2. The molecule has 7 nitrogen and oxygen atoms in total. The van der Waals surface area contributed by atoms with E-state index in [1.807, 2.05) is 0 Å².